The van der Waals surface area contributed by atoms with E-state index >= 15 is 0 Å². The molecule has 0 radical (unpaired) electrons. The third-order valence-electron chi connectivity index (χ3n) is 3.67. The van der Waals surface area contributed by atoms with E-state index in [1.165, 1.54) is 5.57 Å². The van der Waals surface area contributed by atoms with Gasteiger partial charge in [0.05, 0.1) is 6.34 Å². The van der Waals surface area contributed by atoms with E-state index in [2.05, 4.69) is 74.4 Å². The maximum absolute atomic E-state index is 3.96. The van der Waals surface area contributed by atoms with E-state index in [-0.39, 0.29) is 0 Å². The summed E-state index contributed by atoms with van der Waals surface area (Å²) in [6.07, 6.45) is 10.7. The van der Waals surface area contributed by atoms with Crippen LogP contribution in [0.4, 0.5) is 0 Å². The van der Waals surface area contributed by atoms with Crippen molar-refractivity contribution in [2.75, 3.05) is 21.1 Å². The van der Waals surface area contributed by atoms with E-state index in [9.17, 15) is 0 Å². The first kappa shape index (κ1) is 15.7. The van der Waals surface area contributed by atoms with Crippen molar-refractivity contribution in [1.82, 2.24) is 10.2 Å². The molecule has 3 nitrogen and oxygen atoms in total. The van der Waals surface area contributed by atoms with Gasteiger partial charge < -0.3 is 10.2 Å². The van der Waals surface area contributed by atoms with Crippen molar-refractivity contribution in [3.63, 3.8) is 0 Å². The summed E-state index contributed by atoms with van der Waals surface area (Å²) in [5.74, 6) is 1.08. The summed E-state index contributed by atoms with van der Waals surface area (Å²) in [6, 6.07) is 0.383. The molecule has 1 aliphatic carbocycles. The zero-order valence-electron chi connectivity index (χ0n) is 13.0. The Morgan fingerprint density at radius 2 is 2.16 bits per heavy atom. The summed E-state index contributed by atoms with van der Waals surface area (Å²) in [5, 5.41) is 3.19. The van der Waals surface area contributed by atoms with Gasteiger partial charge in [-0.15, -0.1) is 0 Å². The Morgan fingerprint density at radius 3 is 2.68 bits per heavy atom. The lowest BCUT2D eigenvalue weighted by atomic mass is 9.78. The SMILES string of the molecule is CN=CN/C(C)=C\C(C1C(C)=CC=CC1C)N(C)C. The highest BCUT2D eigenvalue weighted by Crippen LogP contribution is 2.31. The van der Waals surface area contributed by atoms with Crippen LogP contribution >= 0.6 is 0 Å². The van der Waals surface area contributed by atoms with Crippen LogP contribution < -0.4 is 5.32 Å². The van der Waals surface area contributed by atoms with Crippen LogP contribution in [0.5, 0.6) is 0 Å². The molecule has 0 bridgehead atoms. The second-order valence-corrected chi connectivity index (χ2v) is 5.52. The zero-order valence-corrected chi connectivity index (χ0v) is 13.0. The molecule has 0 saturated carbocycles. The topological polar surface area (TPSA) is 27.6 Å². The summed E-state index contributed by atoms with van der Waals surface area (Å²) in [5.41, 5.74) is 2.58. The average molecular weight is 261 g/mol. The van der Waals surface area contributed by atoms with Gasteiger partial charge in [0.15, 0.2) is 0 Å². The number of allylic oxidation sites excluding steroid dienone is 4. The highest BCUT2D eigenvalue weighted by Gasteiger charge is 2.28. The molecule has 0 aromatic rings. The zero-order chi connectivity index (χ0) is 14.4. The number of likely N-dealkylation sites (N-methyl/N-ethyl adjacent to an activating group) is 1. The predicted octanol–water partition coefficient (Wildman–Crippen LogP) is 2.84. The predicted molar refractivity (Wildman–Crippen MR) is 84.3 cm³/mol. The van der Waals surface area contributed by atoms with Crippen LogP contribution in [0, 0.1) is 11.8 Å². The van der Waals surface area contributed by atoms with E-state index < -0.39 is 0 Å². The van der Waals surface area contributed by atoms with Crippen molar-refractivity contribution in [3.05, 3.63) is 35.6 Å². The van der Waals surface area contributed by atoms with Crippen molar-refractivity contribution < 1.29 is 0 Å². The maximum atomic E-state index is 3.96. The van der Waals surface area contributed by atoms with Gasteiger partial charge >= 0.3 is 0 Å². The molecular formula is C16H27N3. The third kappa shape index (κ3) is 4.35. The van der Waals surface area contributed by atoms with Crippen molar-refractivity contribution in [2.45, 2.75) is 26.8 Å². The molecule has 0 aliphatic heterocycles. The first-order valence-electron chi connectivity index (χ1n) is 6.84. The van der Waals surface area contributed by atoms with E-state index in [0.717, 1.165) is 5.70 Å². The van der Waals surface area contributed by atoms with Crippen molar-refractivity contribution >= 4 is 6.34 Å². The standard InChI is InChI=1S/C16H27N3/c1-12-8-7-9-13(2)16(12)15(19(5)6)10-14(3)18-11-17-4/h7-12,15-16H,1-6H3,(H,17,18)/b14-10-. The van der Waals surface area contributed by atoms with Crippen LogP contribution in [0.1, 0.15) is 20.8 Å². The van der Waals surface area contributed by atoms with Gasteiger partial charge in [0.1, 0.15) is 0 Å². The van der Waals surface area contributed by atoms with E-state index in [4.69, 9.17) is 0 Å². The highest BCUT2D eigenvalue weighted by molar-refractivity contribution is 5.56. The fourth-order valence-corrected chi connectivity index (χ4v) is 2.65. The van der Waals surface area contributed by atoms with Gasteiger partial charge in [0.25, 0.3) is 0 Å². The largest absolute Gasteiger partial charge is 0.351 e. The van der Waals surface area contributed by atoms with Crippen molar-refractivity contribution in [2.24, 2.45) is 16.8 Å². The number of nitrogens with one attached hydrogen (secondary N) is 1. The molecule has 1 aliphatic rings. The highest BCUT2D eigenvalue weighted by atomic mass is 15.1. The van der Waals surface area contributed by atoms with Crippen molar-refractivity contribution in [3.8, 4) is 0 Å². The lowest BCUT2D eigenvalue weighted by Gasteiger charge is -2.36. The molecule has 0 fully saturated rings. The normalized spacial score (nSPS) is 25.8. The van der Waals surface area contributed by atoms with Gasteiger partial charge in [-0.25, -0.2) is 0 Å². The second kappa shape index (κ2) is 7.29. The smallest absolute Gasteiger partial charge is 0.0861 e. The fourth-order valence-electron chi connectivity index (χ4n) is 2.65. The van der Waals surface area contributed by atoms with Gasteiger partial charge in [-0.3, -0.25) is 4.99 Å². The van der Waals surface area contributed by atoms with Crippen molar-refractivity contribution in [1.29, 1.82) is 0 Å². The fraction of sp³-hybridized carbons (Fsp3) is 0.562. The quantitative estimate of drug-likeness (QED) is 0.609. The Kier molecular flexibility index (Phi) is 6.03. The Morgan fingerprint density at radius 1 is 1.47 bits per heavy atom. The molecular weight excluding hydrogens is 234 g/mol. The molecule has 19 heavy (non-hydrogen) atoms. The number of hydrogen-bond acceptors (Lipinski definition) is 2. The molecule has 1 N–H and O–H groups in total. The molecule has 3 atom stereocenters. The molecule has 0 heterocycles. The first-order valence-corrected chi connectivity index (χ1v) is 6.84. The third-order valence-corrected chi connectivity index (χ3v) is 3.67. The molecule has 106 valence electrons. The van der Waals surface area contributed by atoms with Gasteiger partial charge in [0, 0.05) is 24.7 Å². The van der Waals surface area contributed by atoms with Gasteiger partial charge in [-0.05, 0) is 39.9 Å². The van der Waals surface area contributed by atoms with E-state index in [1.807, 2.05) is 0 Å². The number of hydrogen-bond donors (Lipinski definition) is 1. The average Bonchev–Trinajstić information content (AvgIpc) is 2.34. The van der Waals surface area contributed by atoms with Crippen LogP contribution in [-0.4, -0.2) is 38.4 Å². The van der Waals surface area contributed by atoms with Gasteiger partial charge in [-0.1, -0.05) is 30.7 Å². The van der Waals surface area contributed by atoms with Crippen LogP contribution in [0.2, 0.25) is 0 Å². The number of nitrogens with zero attached hydrogens (tertiary/aromatic N) is 2. The van der Waals surface area contributed by atoms with E-state index in [0.29, 0.717) is 17.9 Å². The molecule has 0 aromatic heterocycles. The van der Waals surface area contributed by atoms with Crippen LogP contribution in [0.3, 0.4) is 0 Å². The summed E-state index contributed by atoms with van der Waals surface area (Å²) in [7, 11) is 6.05. The Hall–Kier alpha value is -1.35. The van der Waals surface area contributed by atoms with Crippen LogP contribution in [0.25, 0.3) is 0 Å². The molecule has 0 amide bonds. The molecule has 0 spiro atoms. The number of rotatable bonds is 5. The summed E-state index contributed by atoms with van der Waals surface area (Å²) in [4.78, 5) is 6.24. The van der Waals surface area contributed by atoms with Crippen LogP contribution in [0.15, 0.2) is 40.6 Å². The lowest BCUT2D eigenvalue weighted by Crippen LogP contribution is -2.38. The summed E-state index contributed by atoms with van der Waals surface area (Å²) >= 11 is 0. The first-order chi connectivity index (χ1) is 8.97. The van der Waals surface area contributed by atoms with Gasteiger partial charge in [0.2, 0.25) is 0 Å². The van der Waals surface area contributed by atoms with Crippen LogP contribution in [-0.2, 0) is 0 Å². The minimum absolute atomic E-state index is 0.383. The van der Waals surface area contributed by atoms with Gasteiger partial charge in [-0.2, -0.15) is 0 Å². The maximum Gasteiger partial charge on any atom is 0.0861 e. The molecule has 3 heteroatoms. The molecule has 1 rings (SSSR count). The summed E-state index contributed by atoms with van der Waals surface area (Å²) < 4.78 is 0. The Bertz CT molecular complexity index is 402. The summed E-state index contributed by atoms with van der Waals surface area (Å²) in [6.45, 7) is 6.60. The number of aliphatic imine (C=N–C) groups is 1. The molecule has 0 saturated heterocycles. The lowest BCUT2D eigenvalue weighted by molar-refractivity contribution is 0.245. The Labute approximate surface area is 117 Å². The minimum Gasteiger partial charge on any atom is -0.351 e. The Balaban J connectivity index is 2.95. The second-order valence-electron chi connectivity index (χ2n) is 5.52. The monoisotopic (exact) mass is 261 g/mol. The van der Waals surface area contributed by atoms with E-state index in [1.54, 1.807) is 13.4 Å². The molecule has 0 aromatic carbocycles. The minimum atomic E-state index is 0.383. The molecule has 3 unspecified atom stereocenters.